The number of carbonyl (C=O) groups excluding carboxylic acids is 1. The predicted molar refractivity (Wildman–Crippen MR) is 120 cm³/mol. The molecule has 4 saturated carbocycles. The largest absolute Gasteiger partial charge is 0.393 e. The minimum atomic E-state index is -0.244. The van der Waals surface area contributed by atoms with Crippen molar-refractivity contribution in [1.82, 2.24) is 0 Å². The average Bonchev–Trinajstić information content (AvgIpc) is 3.39. The van der Waals surface area contributed by atoms with Crippen molar-refractivity contribution in [3.63, 3.8) is 0 Å². The van der Waals surface area contributed by atoms with Gasteiger partial charge in [0.1, 0.15) is 5.78 Å². The molecular formula is C27H44O4. The van der Waals surface area contributed by atoms with E-state index in [0.717, 1.165) is 38.9 Å². The van der Waals surface area contributed by atoms with Gasteiger partial charge in [-0.25, -0.2) is 0 Å². The van der Waals surface area contributed by atoms with Gasteiger partial charge in [0.05, 0.1) is 19.3 Å². The van der Waals surface area contributed by atoms with Crippen LogP contribution in [0.1, 0.15) is 85.5 Å². The molecule has 31 heavy (non-hydrogen) atoms. The quantitative estimate of drug-likeness (QED) is 0.662. The zero-order valence-electron chi connectivity index (χ0n) is 20.1. The Hall–Kier alpha value is -0.450. The second-order valence-corrected chi connectivity index (χ2v) is 12.3. The first-order valence-corrected chi connectivity index (χ1v) is 13.2. The van der Waals surface area contributed by atoms with Gasteiger partial charge in [-0.3, -0.25) is 4.79 Å². The van der Waals surface area contributed by atoms with Gasteiger partial charge in [-0.05, 0) is 84.9 Å². The Morgan fingerprint density at radius 2 is 1.74 bits per heavy atom. The first-order chi connectivity index (χ1) is 14.8. The fraction of sp³-hybridized carbons (Fsp3) is 0.963. The molecule has 4 aliphatic carbocycles. The average molecular weight is 433 g/mol. The molecule has 176 valence electrons. The molecule has 5 rings (SSSR count). The van der Waals surface area contributed by atoms with E-state index >= 15 is 0 Å². The molecule has 10 atom stereocenters. The number of hydrogen-bond donors (Lipinski definition) is 1. The normalized spacial score (nSPS) is 51.3. The van der Waals surface area contributed by atoms with E-state index in [9.17, 15) is 9.90 Å². The van der Waals surface area contributed by atoms with Gasteiger partial charge in [-0.1, -0.05) is 34.1 Å². The third-order valence-electron chi connectivity index (χ3n) is 11.2. The van der Waals surface area contributed by atoms with Crippen LogP contribution in [0.15, 0.2) is 0 Å². The van der Waals surface area contributed by atoms with Crippen LogP contribution in [0, 0.1) is 52.3 Å². The highest BCUT2D eigenvalue weighted by Gasteiger charge is 2.65. The zero-order chi connectivity index (χ0) is 22.0. The maximum absolute atomic E-state index is 12.4. The summed E-state index contributed by atoms with van der Waals surface area (Å²) in [5.74, 6) is 3.68. The topological polar surface area (TPSA) is 55.8 Å². The molecule has 3 unspecified atom stereocenters. The lowest BCUT2D eigenvalue weighted by Gasteiger charge is -2.64. The summed E-state index contributed by atoms with van der Waals surface area (Å²) in [6.07, 6.45) is 9.29. The molecule has 1 N–H and O–H groups in total. The SMILES string of the molecule is CCC[C@@H]1[C@@H](O)C2C3CC[C@H]([C@H](C)C4OCCO4)[C@@]3(C)CCC2[C@@]2(C)CCC(=O)C[C@@H]12. The van der Waals surface area contributed by atoms with E-state index in [0.29, 0.717) is 53.6 Å². The fourth-order valence-corrected chi connectivity index (χ4v) is 9.72. The number of hydrogen-bond acceptors (Lipinski definition) is 4. The molecule has 0 aromatic heterocycles. The van der Waals surface area contributed by atoms with Crippen LogP contribution >= 0.6 is 0 Å². The minimum absolute atomic E-state index is 0.0475. The number of aliphatic hydroxyl groups excluding tert-OH is 1. The highest BCUT2D eigenvalue weighted by molar-refractivity contribution is 5.79. The first kappa shape index (κ1) is 22.3. The Bertz CT molecular complexity index is 687. The van der Waals surface area contributed by atoms with Crippen molar-refractivity contribution < 1.29 is 19.4 Å². The summed E-state index contributed by atoms with van der Waals surface area (Å²) in [5, 5.41) is 11.9. The van der Waals surface area contributed by atoms with Crippen LogP contribution in [0.3, 0.4) is 0 Å². The van der Waals surface area contributed by atoms with Crippen LogP contribution in [0.25, 0.3) is 0 Å². The van der Waals surface area contributed by atoms with Gasteiger partial charge in [-0.15, -0.1) is 0 Å². The van der Waals surface area contributed by atoms with E-state index < -0.39 is 0 Å². The number of fused-ring (bicyclic) bond motifs is 5. The molecule has 0 radical (unpaired) electrons. The van der Waals surface area contributed by atoms with Crippen molar-refractivity contribution in [3.05, 3.63) is 0 Å². The van der Waals surface area contributed by atoms with Gasteiger partial charge in [0.15, 0.2) is 6.29 Å². The lowest BCUT2D eigenvalue weighted by molar-refractivity contribution is -0.199. The molecule has 4 nitrogen and oxygen atoms in total. The van der Waals surface area contributed by atoms with Crippen LogP contribution in [-0.4, -0.2) is 36.5 Å². The standard InChI is InChI=1S/C27H44O4/c1-5-6-18-22-15-17(28)9-11-27(22,4)21-10-12-26(3)19(16(2)25-30-13-14-31-25)7-8-20(26)23(21)24(18)29/h16,18-25,29H,5-15H2,1-4H3/t16-,18-,19+,20?,21?,22-,23?,24+,26+,27+/m0/s1. The number of rotatable bonds is 4. The van der Waals surface area contributed by atoms with E-state index in [4.69, 9.17) is 9.47 Å². The Morgan fingerprint density at radius 3 is 2.45 bits per heavy atom. The van der Waals surface area contributed by atoms with Gasteiger partial charge in [0.2, 0.25) is 0 Å². The third-order valence-corrected chi connectivity index (χ3v) is 11.2. The lowest BCUT2D eigenvalue weighted by Crippen LogP contribution is -2.62. The van der Waals surface area contributed by atoms with Crippen LogP contribution in [0.4, 0.5) is 0 Å². The second-order valence-electron chi connectivity index (χ2n) is 12.3. The van der Waals surface area contributed by atoms with Crippen molar-refractivity contribution >= 4 is 5.78 Å². The van der Waals surface area contributed by atoms with Gasteiger partial charge in [0, 0.05) is 18.8 Å². The molecule has 4 heteroatoms. The highest BCUT2D eigenvalue weighted by Crippen LogP contribution is 2.69. The number of aliphatic hydroxyl groups is 1. The van der Waals surface area contributed by atoms with Gasteiger partial charge < -0.3 is 14.6 Å². The molecule has 0 spiro atoms. The smallest absolute Gasteiger partial charge is 0.160 e. The van der Waals surface area contributed by atoms with Crippen LogP contribution in [0.5, 0.6) is 0 Å². The number of ketones is 1. The summed E-state index contributed by atoms with van der Waals surface area (Å²) >= 11 is 0. The first-order valence-electron chi connectivity index (χ1n) is 13.2. The van der Waals surface area contributed by atoms with Crippen molar-refractivity contribution in [3.8, 4) is 0 Å². The lowest BCUT2D eigenvalue weighted by atomic mass is 9.41. The van der Waals surface area contributed by atoms with Crippen LogP contribution in [-0.2, 0) is 14.3 Å². The number of Topliss-reactive ketones (excluding diaryl/α,β-unsaturated/α-hetero) is 1. The third kappa shape index (κ3) is 3.29. The molecule has 0 bridgehead atoms. The Balaban J connectivity index is 1.46. The van der Waals surface area contributed by atoms with E-state index in [-0.39, 0.29) is 23.2 Å². The second kappa shape index (κ2) is 8.09. The molecule has 1 aliphatic heterocycles. The highest BCUT2D eigenvalue weighted by atomic mass is 16.7. The Morgan fingerprint density at radius 1 is 1.03 bits per heavy atom. The van der Waals surface area contributed by atoms with Crippen molar-refractivity contribution in [2.45, 2.75) is 97.9 Å². The van der Waals surface area contributed by atoms with Crippen molar-refractivity contribution in [1.29, 1.82) is 0 Å². The van der Waals surface area contributed by atoms with E-state index in [1.165, 1.54) is 25.7 Å². The molecule has 0 amide bonds. The van der Waals surface area contributed by atoms with E-state index in [1.807, 2.05) is 0 Å². The maximum atomic E-state index is 12.4. The maximum Gasteiger partial charge on any atom is 0.160 e. The number of carbonyl (C=O) groups is 1. The molecule has 0 aromatic rings. The zero-order valence-corrected chi connectivity index (χ0v) is 20.1. The Labute approximate surface area is 188 Å². The van der Waals surface area contributed by atoms with Crippen LogP contribution in [0.2, 0.25) is 0 Å². The molecule has 5 aliphatic rings. The summed E-state index contributed by atoms with van der Waals surface area (Å²) in [6.45, 7) is 11.0. The monoisotopic (exact) mass is 432 g/mol. The van der Waals surface area contributed by atoms with E-state index in [1.54, 1.807) is 0 Å². The summed E-state index contributed by atoms with van der Waals surface area (Å²) in [4.78, 5) is 12.4. The minimum Gasteiger partial charge on any atom is -0.393 e. The number of ether oxygens (including phenoxy) is 2. The molecular weight excluding hydrogens is 388 g/mol. The summed E-state index contributed by atoms with van der Waals surface area (Å²) in [7, 11) is 0. The fourth-order valence-electron chi connectivity index (χ4n) is 9.72. The Kier molecular flexibility index (Phi) is 5.84. The molecule has 0 aromatic carbocycles. The van der Waals surface area contributed by atoms with Crippen molar-refractivity contribution in [2.24, 2.45) is 52.3 Å². The summed E-state index contributed by atoms with van der Waals surface area (Å²) < 4.78 is 11.8. The van der Waals surface area contributed by atoms with Gasteiger partial charge in [0.25, 0.3) is 0 Å². The molecule has 5 fully saturated rings. The van der Waals surface area contributed by atoms with Crippen molar-refractivity contribution in [2.75, 3.05) is 13.2 Å². The van der Waals surface area contributed by atoms with Crippen LogP contribution < -0.4 is 0 Å². The molecule has 1 heterocycles. The summed E-state index contributed by atoms with van der Waals surface area (Å²) in [5.41, 5.74) is 0.488. The van der Waals surface area contributed by atoms with Gasteiger partial charge >= 0.3 is 0 Å². The van der Waals surface area contributed by atoms with Gasteiger partial charge in [-0.2, -0.15) is 0 Å². The summed E-state index contributed by atoms with van der Waals surface area (Å²) in [6, 6.07) is 0. The van der Waals surface area contributed by atoms with E-state index in [2.05, 4.69) is 27.7 Å². The molecule has 1 saturated heterocycles. The predicted octanol–water partition coefficient (Wildman–Crippen LogP) is 5.22.